The van der Waals surface area contributed by atoms with E-state index in [9.17, 15) is 10.1 Å². The van der Waals surface area contributed by atoms with Crippen molar-refractivity contribution in [3.05, 3.63) is 70.8 Å². The minimum atomic E-state index is -0.365. The van der Waals surface area contributed by atoms with E-state index >= 15 is 0 Å². The molecule has 5 nitrogen and oxygen atoms in total. The van der Waals surface area contributed by atoms with Crippen LogP contribution in [0.25, 0.3) is 27.5 Å². The average Bonchev–Trinajstić information content (AvgIpc) is 2.91. The van der Waals surface area contributed by atoms with Crippen molar-refractivity contribution in [3.8, 4) is 17.2 Å². The van der Waals surface area contributed by atoms with Crippen LogP contribution in [0, 0.1) is 10.1 Å². The van der Waals surface area contributed by atoms with Gasteiger partial charge in [0.2, 0.25) is 0 Å². The Bertz CT molecular complexity index is 1130. The van der Waals surface area contributed by atoms with Gasteiger partial charge < -0.3 is 9.30 Å². The molecule has 0 N–H and O–H groups in total. The third-order valence-corrected chi connectivity index (χ3v) is 4.27. The molecule has 3 aromatic carbocycles. The molecule has 110 valence electrons. The molecule has 5 rings (SSSR count). The highest BCUT2D eigenvalue weighted by atomic mass is 16.6. The van der Waals surface area contributed by atoms with Gasteiger partial charge in [0.15, 0.2) is 11.5 Å². The molecule has 0 atom stereocenters. The number of hydrogen-bond donors (Lipinski definition) is 0. The zero-order chi connectivity index (χ0) is 15.6. The summed E-state index contributed by atoms with van der Waals surface area (Å²) in [5, 5.41) is 12.9. The van der Waals surface area contributed by atoms with Gasteiger partial charge >= 0.3 is 0 Å². The largest absolute Gasteiger partial charge is 0.453 e. The predicted octanol–water partition coefficient (Wildman–Crippen LogP) is 4.80. The molecule has 0 fully saturated rings. The Labute approximate surface area is 130 Å². The molecule has 1 aliphatic heterocycles. The number of nitro groups is 1. The molecule has 2 heterocycles. The van der Waals surface area contributed by atoms with E-state index in [1.54, 1.807) is 18.2 Å². The molecule has 0 spiro atoms. The van der Waals surface area contributed by atoms with E-state index in [2.05, 4.69) is 4.57 Å². The molecule has 0 radical (unpaired) electrons. The number of fused-ring (bicyclic) bond motifs is 5. The van der Waals surface area contributed by atoms with Crippen LogP contribution in [0.2, 0.25) is 0 Å². The summed E-state index contributed by atoms with van der Waals surface area (Å²) in [7, 11) is 0. The first-order valence-corrected chi connectivity index (χ1v) is 7.23. The fourth-order valence-corrected chi connectivity index (χ4v) is 3.32. The average molecular weight is 302 g/mol. The van der Waals surface area contributed by atoms with Crippen LogP contribution in [-0.2, 0) is 0 Å². The van der Waals surface area contributed by atoms with Crippen LogP contribution in [0.4, 0.5) is 5.69 Å². The van der Waals surface area contributed by atoms with Crippen LogP contribution >= 0.6 is 0 Å². The summed E-state index contributed by atoms with van der Waals surface area (Å²) in [5.41, 5.74) is 2.92. The van der Waals surface area contributed by atoms with Gasteiger partial charge in [0, 0.05) is 22.9 Å². The Morgan fingerprint density at radius 2 is 1.74 bits per heavy atom. The normalized spacial score (nSPS) is 12.2. The number of rotatable bonds is 1. The molecule has 23 heavy (non-hydrogen) atoms. The van der Waals surface area contributed by atoms with Crippen LogP contribution in [0.15, 0.2) is 60.7 Å². The minimum absolute atomic E-state index is 0.0930. The van der Waals surface area contributed by atoms with Gasteiger partial charge in [0.05, 0.1) is 21.6 Å². The van der Waals surface area contributed by atoms with Crippen LogP contribution in [0.1, 0.15) is 0 Å². The van der Waals surface area contributed by atoms with Crippen molar-refractivity contribution in [1.29, 1.82) is 0 Å². The van der Waals surface area contributed by atoms with E-state index in [4.69, 9.17) is 4.74 Å². The number of hydrogen-bond acceptors (Lipinski definition) is 3. The number of nitrogens with zero attached hydrogens (tertiary/aromatic N) is 2. The first kappa shape index (κ1) is 12.2. The van der Waals surface area contributed by atoms with Crippen LogP contribution in [0.3, 0.4) is 0 Å². The third kappa shape index (κ3) is 1.51. The molecular formula is C18H10N2O3. The fourth-order valence-electron chi connectivity index (χ4n) is 3.32. The summed E-state index contributed by atoms with van der Waals surface area (Å²) >= 11 is 0. The zero-order valence-electron chi connectivity index (χ0n) is 11.9. The number of nitro benzene ring substituents is 1. The molecule has 0 aliphatic carbocycles. The second kappa shape index (κ2) is 4.10. The first-order valence-electron chi connectivity index (χ1n) is 7.23. The van der Waals surface area contributed by atoms with Gasteiger partial charge in [-0.25, -0.2) is 0 Å². The number of ether oxygens (including phenoxy) is 1. The summed E-state index contributed by atoms with van der Waals surface area (Å²) in [5.74, 6) is 1.54. The summed E-state index contributed by atoms with van der Waals surface area (Å²) in [6.07, 6.45) is 0. The highest BCUT2D eigenvalue weighted by Crippen LogP contribution is 2.45. The van der Waals surface area contributed by atoms with Gasteiger partial charge in [-0.3, -0.25) is 10.1 Å². The lowest BCUT2D eigenvalue weighted by molar-refractivity contribution is -0.384. The van der Waals surface area contributed by atoms with Gasteiger partial charge in [-0.05, 0) is 24.3 Å². The van der Waals surface area contributed by atoms with E-state index in [1.165, 1.54) is 0 Å². The highest BCUT2D eigenvalue weighted by Gasteiger charge is 2.24. The van der Waals surface area contributed by atoms with Crippen molar-refractivity contribution >= 4 is 27.5 Å². The zero-order valence-corrected chi connectivity index (χ0v) is 11.9. The maximum absolute atomic E-state index is 11.1. The van der Waals surface area contributed by atoms with Gasteiger partial charge in [0.1, 0.15) is 0 Å². The van der Waals surface area contributed by atoms with Gasteiger partial charge in [-0.2, -0.15) is 0 Å². The lowest BCUT2D eigenvalue weighted by atomic mass is 10.1. The molecule has 5 heteroatoms. The number of non-ortho nitro benzene ring substituents is 1. The predicted molar refractivity (Wildman–Crippen MR) is 87.5 cm³/mol. The Kier molecular flexibility index (Phi) is 2.18. The maximum atomic E-state index is 11.1. The fraction of sp³-hybridized carbons (Fsp3) is 0. The number of para-hydroxylation sites is 3. The second-order valence-corrected chi connectivity index (χ2v) is 5.52. The topological polar surface area (TPSA) is 57.3 Å². The van der Waals surface area contributed by atoms with Crippen molar-refractivity contribution in [2.24, 2.45) is 0 Å². The summed E-state index contributed by atoms with van der Waals surface area (Å²) in [6.45, 7) is 0. The van der Waals surface area contributed by atoms with Gasteiger partial charge in [-0.15, -0.1) is 0 Å². The molecule has 1 aromatic heterocycles. The van der Waals surface area contributed by atoms with E-state index in [0.717, 1.165) is 39.0 Å². The standard InChI is InChI=1S/C18H10N2O3/c21-20(22)11-8-9-14-13(10-11)12-4-3-7-17-18(12)19(14)15-5-1-2-6-16(15)23-17/h1-10H. The van der Waals surface area contributed by atoms with Crippen molar-refractivity contribution in [2.45, 2.75) is 0 Å². The summed E-state index contributed by atoms with van der Waals surface area (Å²) in [6, 6.07) is 18.6. The smallest absolute Gasteiger partial charge is 0.270 e. The Morgan fingerprint density at radius 1 is 0.913 bits per heavy atom. The molecule has 4 aromatic rings. The number of aromatic nitrogens is 1. The SMILES string of the molecule is O=[N+]([O-])c1ccc2c(c1)c1cccc3c1n2-c1ccccc1O3. The van der Waals surface area contributed by atoms with Crippen molar-refractivity contribution < 1.29 is 9.66 Å². The first-order chi connectivity index (χ1) is 11.2. The van der Waals surface area contributed by atoms with E-state index in [1.807, 2.05) is 42.5 Å². The molecule has 1 aliphatic rings. The molecule has 0 saturated heterocycles. The van der Waals surface area contributed by atoms with Crippen LogP contribution < -0.4 is 4.74 Å². The lowest BCUT2D eigenvalue weighted by Gasteiger charge is -2.20. The molecule has 0 unspecified atom stereocenters. The molecular weight excluding hydrogens is 292 g/mol. The number of benzene rings is 3. The van der Waals surface area contributed by atoms with Crippen LogP contribution in [-0.4, -0.2) is 9.49 Å². The molecule has 0 amide bonds. The van der Waals surface area contributed by atoms with E-state index in [0.29, 0.717) is 0 Å². The van der Waals surface area contributed by atoms with Crippen LogP contribution in [0.5, 0.6) is 11.5 Å². The van der Waals surface area contributed by atoms with E-state index < -0.39 is 0 Å². The van der Waals surface area contributed by atoms with Crippen molar-refractivity contribution in [3.63, 3.8) is 0 Å². The summed E-state index contributed by atoms with van der Waals surface area (Å²) < 4.78 is 8.12. The third-order valence-electron chi connectivity index (χ3n) is 4.27. The minimum Gasteiger partial charge on any atom is -0.453 e. The molecule has 0 bridgehead atoms. The Balaban J connectivity index is 2.02. The second-order valence-electron chi connectivity index (χ2n) is 5.52. The van der Waals surface area contributed by atoms with Gasteiger partial charge in [-0.1, -0.05) is 24.3 Å². The monoisotopic (exact) mass is 302 g/mol. The highest BCUT2D eigenvalue weighted by molar-refractivity contribution is 6.12. The lowest BCUT2D eigenvalue weighted by Crippen LogP contribution is -2.03. The Morgan fingerprint density at radius 3 is 2.61 bits per heavy atom. The van der Waals surface area contributed by atoms with E-state index in [-0.39, 0.29) is 10.6 Å². The van der Waals surface area contributed by atoms with Crippen molar-refractivity contribution in [2.75, 3.05) is 0 Å². The quantitative estimate of drug-likeness (QED) is 0.330. The molecule has 0 saturated carbocycles. The summed E-state index contributed by atoms with van der Waals surface area (Å²) in [4.78, 5) is 10.7. The van der Waals surface area contributed by atoms with Crippen molar-refractivity contribution in [1.82, 2.24) is 4.57 Å². The Hall–Kier alpha value is -3.34. The maximum Gasteiger partial charge on any atom is 0.270 e. The van der Waals surface area contributed by atoms with Gasteiger partial charge in [0.25, 0.3) is 5.69 Å².